The second-order valence-corrected chi connectivity index (χ2v) is 13.3. The molecule has 0 fully saturated rings. The summed E-state index contributed by atoms with van der Waals surface area (Å²) < 4.78 is 11.5. The first-order valence-electron chi connectivity index (χ1n) is 13.8. The molecule has 0 unspecified atom stereocenters. The van der Waals surface area contributed by atoms with E-state index in [9.17, 15) is 4.79 Å². The summed E-state index contributed by atoms with van der Waals surface area (Å²) in [6, 6.07) is 17.7. The van der Waals surface area contributed by atoms with Gasteiger partial charge in [-0.25, -0.2) is 0 Å². The normalized spacial score (nSPS) is 11.5. The smallest absolute Gasteiger partial charge is 0.210 e. The Kier molecular flexibility index (Phi) is 11.9. The summed E-state index contributed by atoms with van der Waals surface area (Å²) in [5.74, 6) is 0.653. The largest absolute Gasteiger partial charge is 0.491 e. The zero-order valence-corrected chi connectivity index (χ0v) is 29.2. The van der Waals surface area contributed by atoms with E-state index < -0.39 is 0 Å². The second kappa shape index (κ2) is 15.1. The van der Waals surface area contributed by atoms with Crippen molar-refractivity contribution in [3.05, 3.63) is 89.9 Å². The first-order chi connectivity index (χ1) is 19.3. The Morgan fingerprint density at radius 2 is 1.48 bits per heavy atom. The van der Waals surface area contributed by atoms with E-state index in [1.165, 1.54) is 25.7 Å². The number of hydrogen-bond donors (Lipinski definition) is 0. The van der Waals surface area contributed by atoms with Crippen molar-refractivity contribution in [2.24, 2.45) is 0 Å². The van der Waals surface area contributed by atoms with E-state index in [1.807, 2.05) is 65.2 Å². The number of carbonyl (C=O) groups is 1. The molecule has 2 heterocycles. The zero-order valence-electron chi connectivity index (χ0n) is 22.9. The molecular formula is C32H34Br4N2O2. The number of nitrogens with zero attached hydrogens (tertiary/aromatic N) is 2. The minimum atomic E-state index is -0.0692. The molecule has 0 atom stereocenters. The molecule has 0 saturated carbocycles. The maximum absolute atomic E-state index is 14.1. The third kappa shape index (κ3) is 7.49. The average molecular weight is 798 g/mol. The predicted octanol–water partition coefficient (Wildman–Crippen LogP) is 10.6. The van der Waals surface area contributed by atoms with Crippen LogP contribution < -0.4 is 4.74 Å². The molecular weight excluding hydrogens is 764 g/mol. The first kappa shape index (κ1) is 31.5. The highest BCUT2D eigenvalue weighted by Gasteiger charge is 2.25. The molecule has 0 amide bonds. The molecule has 2 aromatic heterocycles. The SMILES string of the molecule is CCCCN(CCCC)CCCOc1c(Br)cc(C(=O)c2c(-c3ccc(Br)cc3)c(Br)c3ccccn23)cc1Br. The van der Waals surface area contributed by atoms with Gasteiger partial charge in [0, 0.05) is 28.3 Å². The standard InChI is InChI=1S/C32H34Br4N2O2/c1-3-5-15-37(16-6-4-2)17-9-19-40-32-25(34)20-23(21-26(32)35)31(39)30-28(22-11-13-24(33)14-12-22)29(36)27-10-7-8-18-38(27)30/h7-8,10-14,18,20-21H,3-6,9,15-17,19H2,1-2H3. The van der Waals surface area contributed by atoms with Crippen molar-refractivity contribution in [1.82, 2.24) is 9.30 Å². The Labute approximate surface area is 271 Å². The van der Waals surface area contributed by atoms with Gasteiger partial charge in [0.05, 0.1) is 25.5 Å². The van der Waals surface area contributed by atoms with Gasteiger partial charge in [-0.2, -0.15) is 0 Å². The van der Waals surface area contributed by atoms with Gasteiger partial charge in [0.15, 0.2) is 0 Å². The van der Waals surface area contributed by atoms with Gasteiger partial charge in [-0.05, 0) is 122 Å². The summed E-state index contributed by atoms with van der Waals surface area (Å²) in [7, 11) is 0. The minimum absolute atomic E-state index is 0.0692. The van der Waals surface area contributed by atoms with Crippen LogP contribution in [0, 0.1) is 0 Å². The fraction of sp³-hybridized carbons (Fsp3) is 0.344. The highest BCUT2D eigenvalue weighted by atomic mass is 79.9. The molecule has 0 N–H and O–H groups in total. The lowest BCUT2D eigenvalue weighted by Gasteiger charge is -2.22. The maximum Gasteiger partial charge on any atom is 0.210 e. The molecule has 40 heavy (non-hydrogen) atoms. The molecule has 0 aliphatic carbocycles. The van der Waals surface area contributed by atoms with Crippen molar-refractivity contribution in [3.63, 3.8) is 0 Å². The number of pyridine rings is 1. The van der Waals surface area contributed by atoms with E-state index in [4.69, 9.17) is 4.74 Å². The van der Waals surface area contributed by atoms with E-state index in [-0.39, 0.29) is 5.78 Å². The van der Waals surface area contributed by atoms with Crippen molar-refractivity contribution < 1.29 is 9.53 Å². The molecule has 0 saturated heterocycles. The molecule has 212 valence electrons. The molecule has 8 heteroatoms. The Bertz CT molecular complexity index is 1420. The monoisotopic (exact) mass is 794 g/mol. The third-order valence-electron chi connectivity index (χ3n) is 6.91. The molecule has 0 radical (unpaired) electrons. The van der Waals surface area contributed by atoms with E-state index in [0.29, 0.717) is 17.9 Å². The molecule has 4 rings (SSSR count). The van der Waals surface area contributed by atoms with Gasteiger partial charge in [0.2, 0.25) is 5.78 Å². The summed E-state index contributed by atoms with van der Waals surface area (Å²) in [5.41, 5.74) is 3.95. The third-order valence-corrected chi connectivity index (χ3v) is 9.42. The molecule has 2 aromatic carbocycles. The van der Waals surface area contributed by atoms with Crippen LogP contribution in [0.2, 0.25) is 0 Å². The number of halogens is 4. The number of benzene rings is 2. The number of fused-ring (bicyclic) bond motifs is 1. The Balaban J connectivity index is 1.56. The Morgan fingerprint density at radius 1 is 0.850 bits per heavy atom. The lowest BCUT2D eigenvalue weighted by Crippen LogP contribution is -2.28. The number of ketones is 1. The van der Waals surface area contributed by atoms with Gasteiger partial charge in [-0.1, -0.05) is 60.8 Å². The van der Waals surface area contributed by atoms with Crippen LogP contribution in [0.3, 0.4) is 0 Å². The van der Waals surface area contributed by atoms with Gasteiger partial charge in [-0.15, -0.1) is 0 Å². The fourth-order valence-electron chi connectivity index (χ4n) is 4.80. The Hall–Kier alpha value is -1.45. The predicted molar refractivity (Wildman–Crippen MR) is 180 cm³/mol. The maximum atomic E-state index is 14.1. The molecule has 4 nitrogen and oxygen atoms in total. The van der Waals surface area contributed by atoms with Crippen LogP contribution >= 0.6 is 63.7 Å². The molecule has 0 aliphatic heterocycles. The lowest BCUT2D eigenvalue weighted by atomic mass is 10.00. The van der Waals surface area contributed by atoms with E-state index in [1.54, 1.807) is 0 Å². The van der Waals surface area contributed by atoms with Gasteiger partial charge >= 0.3 is 0 Å². The van der Waals surface area contributed by atoms with Crippen LogP contribution in [0.25, 0.3) is 16.6 Å². The molecule has 0 spiro atoms. The number of ether oxygens (including phenoxy) is 1. The van der Waals surface area contributed by atoms with Crippen molar-refractivity contribution >= 4 is 75.0 Å². The van der Waals surface area contributed by atoms with Crippen LogP contribution in [0.5, 0.6) is 5.75 Å². The molecule has 4 aromatic rings. The van der Waals surface area contributed by atoms with Crippen LogP contribution in [0.15, 0.2) is 78.7 Å². The number of aromatic nitrogens is 1. The van der Waals surface area contributed by atoms with Crippen LogP contribution in [0.1, 0.15) is 62.0 Å². The van der Waals surface area contributed by atoms with E-state index >= 15 is 0 Å². The molecule has 0 aliphatic rings. The summed E-state index contributed by atoms with van der Waals surface area (Å²) in [6.07, 6.45) is 7.77. The van der Waals surface area contributed by atoms with Crippen molar-refractivity contribution in [2.45, 2.75) is 46.0 Å². The van der Waals surface area contributed by atoms with Crippen LogP contribution in [0.4, 0.5) is 0 Å². The quantitative estimate of drug-likeness (QED) is 0.0941. The van der Waals surface area contributed by atoms with Crippen molar-refractivity contribution in [3.8, 4) is 16.9 Å². The summed E-state index contributed by atoms with van der Waals surface area (Å²) in [6.45, 7) is 8.42. The van der Waals surface area contributed by atoms with Crippen LogP contribution in [-0.4, -0.2) is 41.3 Å². The van der Waals surface area contributed by atoms with Crippen molar-refractivity contribution in [2.75, 3.05) is 26.2 Å². The number of rotatable bonds is 14. The number of carbonyl (C=O) groups excluding carboxylic acids is 1. The zero-order chi connectivity index (χ0) is 28.6. The summed E-state index contributed by atoms with van der Waals surface area (Å²) in [4.78, 5) is 16.7. The van der Waals surface area contributed by atoms with Gasteiger partial charge in [0.25, 0.3) is 0 Å². The average Bonchev–Trinajstić information content (AvgIpc) is 3.25. The fourth-order valence-corrected chi connectivity index (χ4v) is 7.22. The summed E-state index contributed by atoms with van der Waals surface area (Å²) in [5, 5.41) is 0. The number of unbranched alkanes of at least 4 members (excludes halogenated alkanes) is 2. The second-order valence-electron chi connectivity index (χ2n) is 9.85. The number of hydrogen-bond acceptors (Lipinski definition) is 3. The van der Waals surface area contributed by atoms with Gasteiger partial charge in [0.1, 0.15) is 11.4 Å². The highest BCUT2D eigenvalue weighted by molar-refractivity contribution is 9.11. The first-order valence-corrected chi connectivity index (χ1v) is 17.0. The Morgan fingerprint density at radius 3 is 2.10 bits per heavy atom. The van der Waals surface area contributed by atoms with E-state index in [2.05, 4.69) is 82.5 Å². The molecule has 0 bridgehead atoms. The van der Waals surface area contributed by atoms with Crippen molar-refractivity contribution in [1.29, 1.82) is 0 Å². The lowest BCUT2D eigenvalue weighted by molar-refractivity contribution is 0.103. The minimum Gasteiger partial charge on any atom is -0.491 e. The summed E-state index contributed by atoms with van der Waals surface area (Å²) >= 11 is 14.7. The van der Waals surface area contributed by atoms with Gasteiger partial charge < -0.3 is 14.0 Å². The highest BCUT2D eigenvalue weighted by Crippen LogP contribution is 2.40. The van der Waals surface area contributed by atoms with E-state index in [0.717, 1.165) is 66.3 Å². The van der Waals surface area contributed by atoms with Gasteiger partial charge in [-0.3, -0.25) is 4.79 Å². The van der Waals surface area contributed by atoms with Crippen LogP contribution in [-0.2, 0) is 0 Å². The topological polar surface area (TPSA) is 34.0 Å².